The van der Waals surface area contributed by atoms with Crippen LogP contribution in [0, 0.1) is 0 Å². The van der Waals surface area contributed by atoms with Gasteiger partial charge in [-0.25, -0.2) is 0 Å². The molecule has 2 saturated heterocycles. The lowest BCUT2D eigenvalue weighted by Gasteiger charge is -2.18. The number of nitrogens with zero attached hydrogens (tertiary/aromatic N) is 3. The van der Waals surface area contributed by atoms with Crippen LogP contribution in [-0.2, 0) is 9.59 Å². The van der Waals surface area contributed by atoms with E-state index >= 15 is 0 Å². The smallest absolute Gasteiger partial charge is 0.242 e. The van der Waals surface area contributed by atoms with Crippen molar-refractivity contribution in [2.45, 2.75) is 24.5 Å². The van der Waals surface area contributed by atoms with Gasteiger partial charge in [0.15, 0.2) is 5.17 Å². The monoisotopic (exact) mass is 344 g/mol. The van der Waals surface area contributed by atoms with Gasteiger partial charge in [0.05, 0.1) is 6.54 Å². The van der Waals surface area contributed by atoms with Crippen LogP contribution in [0.5, 0.6) is 0 Å². The zero-order chi connectivity index (χ0) is 16.5. The highest BCUT2D eigenvalue weighted by Crippen LogP contribution is 2.32. The topological polar surface area (TPSA) is 65.0 Å². The Kier molecular flexibility index (Phi) is 4.18. The summed E-state index contributed by atoms with van der Waals surface area (Å²) >= 11 is 1.41. The number of nitrogens with one attached hydrogen (secondary N) is 1. The molecule has 0 spiro atoms. The molecule has 2 amide bonds. The van der Waals surface area contributed by atoms with Crippen molar-refractivity contribution in [3.05, 3.63) is 24.3 Å². The number of carbonyl (C=O) groups excluding carboxylic acids is 2. The molecular weight excluding hydrogens is 324 g/mol. The van der Waals surface area contributed by atoms with Gasteiger partial charge in [0.1, 0.15) is 5.25 Å². The lowest BCUT2D eigenvalue weighted by atomic mass is 10.2. The van der Waals surface area contributed by atoms with Gasteiger partial charge in [-0.2, -0.15) is 0 Å². The molecule has 1 atom stereocenters. The van der Waals surface area contributed by atoms with Crippen molar-refractivity contribution in [2.24, 2.45) is 4.99 Å². The van der Waals surface area contributed by atoms with Crippen LogP contribution in [0.4, 0.5) is 11.4 Å². The summed E-state index contributed by atoms with van der Waals surface area (Å²) in [5, 5.41) is 3.32. The lowest BCUT2D eigenvalue weighted by molar-refractivity contribution is -0.127. The molecule has 0 aliphatic carbocycles. The Bertz CT molecular complexity index is 682. The molecular formula is C17H20N4O2S. The summed E-state index contributed by atoms with van der Waals surface area (Å²) in [4.78, 5) is 32.8. The van der Waals surface area contributed by atoms with Crippen molar-refractivity contribution in [1.29, 1.82) is 0 Å². The largest absolute Gasteiger partial charge is 0.372 e. The van der Waals surface area contributed by atoms with Crippen molar-refractivity contribution < 1.29 is 9.59 Å². The summed E-state index contributed by atoms with van der Waals surface area (Å²) in [5.74, 6) is -0.118. The average Bonchev–Trinajstić information content (AvgIpc) is 3.29. The van der Waals surface area contributed by atoms with E-state index in [1.54, 1.807) is 4.90 Å². The maximum absolute atomic E-state index is 12.2. The van der Waals surface area contributed by atoms with E-state index in [9.17, 15) is 9.59 Å². The standard InChI is InChI=1S/C17H20N4O2S/c22-15(11-14-16(23)21-10-7-18-17(21)24-14)19-12-3-5-13(6-4-12)20-8-1-2-9-20/h3-6,14H,1-2,7-11H2,(H,19,22)/t14-/m1/s1. The predicted molar refractivity (Wildman–Crippen MR) is 96.5 cm³/mol. The first-order valence-electron chi connectivity index (χ1n) is 8.38. The third kappa shape index (κ3) is 3.00. The van der Waals surface area contributed by atoms with Gasteiger partial charge in [0.25, 0.3) is 0 Å². The molecule has 0 bridgehead atoms. The minimum absolute atomic E-state index is 0.00998. The third-order valence-corrected chi connectivity index (χ3v) is 5.80. The Morgan fingerprint density at radius 3 is 2.67 bits per heavy atom. The number of aliphatic imine (C=N–C) groups is 1. The molecule has 0 unspecified atom stereocenters. The maximum atomic E-state index is 12.2. The van der Waals surface area contributed by atoms with Crippen LogP contribution in [0.1, 0.15) is 19.3 Å². The molecule has 0 aromatic heterocycles. The summed E-state index contributed by atoms with van der Waals surface area (Å²) in [6, 6.07) is 7.94. The summed E-state index contributed by atoms with van der Waals surface area (Å²) in [5.41, 5.74) is 1.97. The first-order valence-corrected chi connectivity index (χ1v) is 9.26. The Morgan fingerprint density at radius 1 is 1.21 bits per heavy atom. The molecule has 0 saturated carbocycles. The van der Waals surface area contributed by atoms with Crippen molar-refractivity contribution in [2.75, 3.05) is 36.4 Å². The zero-order valence-corrected chi connectivity index (χ0v) is 14.2. The third-order valence-electron chi connectivity index (χ3n) is 4.58. The van der Waals surface area contributed by atoms with Crippen molar-refractivity contribution >= 4 is 40.1 Å². The highest BCUT2D eigenvalue weighted by molar-refractivity contribution is 8.15. The molecule has 1 N–H and O–H groups in total. The summed E-state index contributed by atoms with van der Waals surface area (Å²) in [7, 11) is 0. The molecule has 6 nitrogen and oxygen atoms in total. The van der Waals surface area contributed by atoms with Gasteiger partial charge in [-0.1, -0.05) is 11.8 Å². The molecule has 1 aromatic carbocycles. The minimum atomic E-state index is -0.340. The number of anilines is 2. The SMILES string of the molecule is O=C(C[C@H]1SC2=NCCN2C1=O)Nc1ccc(N2CCCC2)cc1. The summed E-state index contributed by atoms with van der Waals surface area (Å²) < 4.78 is 0. The minimum Gasteiger partial charge on any atom is -0.372 e. The molecule has 126 valence electrons. The van der Waals surface area contributed by atoms with Crippen LogP contribution in [0.2, 0.25) is 0 Å². The lowest BCUT2D eigenvalue weighted by Crippen LogP contribution is -2.32. The number of amides is 2. The summed E-state index contributed by atoms with van der Waals surface area (Å²) in [6.07, 6.45) is 2.68. The number of amidine groups is 1. The number of rotatable bonds is 4. The quantitative estimate of drug-likeness (QED) is 0.906. The van der Waals surface area contributed by atoms with Gasteiger partial charge < -0.3 is 10.2 Å². The summed E-state index contributed by atoms with van der Waals surface area (Å²) in [6.45, 7) is 3.54. The van der Waals surface area contributed by atoms with Crippen LogP contribution in [0.3, 0.4) is 0 Å². The fourth-order valence-corrected chi connectivity index (χ4v) is 4.52. The number of carbonyl (C=O) groups is 2. The normalized spacial score (nSPS) is 22.8. The fourth-order valence-electron chi connectivity index (χ4n) is 3.32. The van der Waals surface area contributed by atoms with Gasteiger partial charge >= 0.3 is 0 Å². The number of hydrogen-bond donors (Lipinski definition) is 1. The number of fused-ring (bicyclic) bond motifs is 1. The fraction of sp³-hybridized carbons (Fsp3) is 0.471. The molecule has 2 fully saturated rings. The second-order valence-corrected chi connectivity index (χ2v) is 7.42. The Morgan fingerprint density at radius 2 is 1.96 bits per heavy atom. The van der Waals surface area contributed by atoms with Crippen LogP contribution in [0.15, 0.2) is 29.3 Å². The molecule has 7 heteroatoms. The average molecular weight is 344 g/mol. The highest BCUT2D eigenvalue weighted by Gasteiger charge is 2.40. The number of hydrogen-bond acceptors (Lipinski definition) is 5. The molecule has 0 radical (unpaired) electrons. The van der Waals surface area contributed by atoms with Crippen molar-refractivity contribution in [1.82, 2.24) is 4.90 Å². The molecule has 3 aliphatic heterocycles. The van der Waals surface area contributed by atoms with E-state index in [-0.39, 0.29) is 23.5 Å². The molecule has 4 rings (SSSR count). The van der Waals surface area contributed by atoms with Crippen molar-refractivity contribution in [3.8, 4) is 0 Å². The highest BCUT2D eigenvalue weighted by atomic mass is 32.2. The second kappa shape index (κ2) is 6.47. The van der Waals surface area contributed by atoms with Crippen LogP contribution < -0.4 is 10.2 Å². The zero-order valence-electron chi connectivity index (χ0n) is 13.4. The van der Waals surface area contributed by atoms with Crippen LogP contribution in [-0.4, -0.2) is 53.3 Å². The van der Waals surface area contributed by atoms with E-state index in [1.807, 2.05) is 24.3 Å². The Balaban J connectivity index is 1.33. The first kappa shape index (κ1) is 15.5. The molecule has 1 aromatic rings. The van der Waals surface area contributed by atoms with E-state index in [0.29, 0.717) is 13.1 Å². The van der Waals surface area contributed by atoms with Crippen molar-refractivity contribution in [3.63, 3.8) is 0 Å². The Labute approximate surface area is 145 Å². The Hall–Kier alpha value is -2.02. The number of benzene rings is 1. The molecule has 3 heterocycles. The van der Waals surface area contributed by atoms with Gasteiger partial charge in [-0.15, -0.1) is 0 Å². The predicted octanol–water partition coefficient (Wildman–Crippen LogP) is 1.93. The molecule has 3 aliphatic rings. The van der Waals surface area contributed by atoms with Crippen LogP contribution in [0.25, 0.3) is 0 Å². The number of thioether (sulfide) groups is 1. The molecule has 24 heavy (non-hydrogen) atoms. The second-order valence-electron chi connectivity index (χ2n) is 6.25. The maximum Gasteiger partial charge on any atom is 0.242 e. The van der Waals surface area contributed by atoms with Gasteiger partial charge in [-0.05, 0) is 37.1 Å². The van der Waals surface area contributed by atoms with E-state index in [4.69, 9.17) is 0 Å². The van der Waals surface area contributed by atoms with Gasteiger partial charge in [-0.3, -0.25) is 19.5 Å². The van der Waals surface area contributed by atoms with Gasteiger partial charge in [0.2, 0.25) is 11.8 Å². The first-order chi connectivity index (χ1) is 11.7. The van der Waals surface area contributed by atoms with E-state index in [0.717, 1.165) is 23.9 Å². The van der Waals surface area contributed by atoms with E-state index in [2.05, 4.69) is 15.2 Å². The van der Waals surface area contributed by atoms with Gasteiger partial charge in [0, 0.05) is 37.4 Å². The van der Waals surface area contributed by atoms with Crippen LogP contribution >= 0.6 is 11.8 Å². The van der Waals surface area contributed by atoms with E-state index in [1.165, 1.54) is 30.3 Å². The van der Waals surface area contributed by atoms with E-state index < -0.39 is 0 Å².